The number of anilines is 2. The van der Waals surface area contributed by atoms with Gasteiger partial charge in [-0.2, -0.15) is 10.2 Å². The molecular formula is C52H48F2N16O. The van der Waals surface area contributed by atoms with E-state index in [2.05, 4.69) is 45.4 Å². The molecule has 4 fully saturated rings. The van der Waals surface area contributed by atoms with Crippen molar-refractivity contribution < 1.29 is 8.78 Å². The average molecular weight is 951 g/mol. The maximum absolute atomic E-state index is 14.7. The molecule has 356 valence electrons. The molecule has 0 amide bonds. The van der Waals surface area contributed by atoms with Crippen LogP contribution in [0.4, 0.5) is 20.4 Å². The van der Waals surface area contributed by atoms with Crippen LogP contribution in [0.5, 0.6) is 0 Å². The molecule has 71 heavy (non-hydrogen) atoms. The van der Waals surface area contributed by atoms with E-state index in [9.17, 15) is 13.6 Å². The molecule has 0 bridgehead atoms. The highest BCUT2D eigenvalue weighted by Gasteiger charge is 2.67. The van der Waals surface area contributed by atoms with Crippen LogP contribution in [0.2, 0.25) is 0 Å². The quantitative estimate of drug-likeness (QED) is 0.114. The Morgan fingerprint density at radius 1 is 0.690 bits per heavy atom. The highest BCUT2D eigenvalue weighted by atomic mass is 19.1. The minimum atomic E-state index is -0.313. The molecule has 2 aliphatic heterocycles. The summed E-state index contributed by atoms with van der Waals surface area (Å²) in [6, 6.07) is 25.1. The molecule has 4 aliphatic rings. The molecule has 0 radical (unpaired) electrons. The highest BCUT2D eigenvalue weighted by Crippen LogP contribution is 2.64. The van der Waals surface area contributed by atoms with E-state index >= 15 is 0 Å². The molecule has 9 heterocycles. The van der Waals surface area contributed by atoms with Crippen molar-refractivity contribution >= 4 is 50.5 Å². The van der Waals surface area contributed by atoms with Crippen molar-refractivity contribution in [1.82, 2.24) is 59.9 Å². The number of nitrogens with two attached hydrogens (primary N) is 2. The van der Waals surface area contributed by atoms with Gasteiger partial charge in [-0.1, -0.05) is 48.5 Å². The lowest BCUT2D eigenvalue weighted by molar-refractivity contribution is 0.533. The van der Waals surface area contributed by atoms with Gasteiger partial charge in [-0.05, 0) is 84.9 Å². The van der Waals surface area contributed by atoms with Crippen LogP contribution < -0.4 is 26.8 Å². The summed E-state index contributed by atoms with van der Waals surface area (Å²) in [4.78, 5) is 38.2. The molecular weight excluding hydrogens is 903 g/mol. The third-order valence-corrected chi connectivity index (χ3v) is 16.3. The topological polar surface area (TPSA) is 230 Å². The van der Waals surface area contributed by atoms with E-state index in [1.165, 1.54) is 18.2 Å². The molecule has 2 saturated carbocycles. The lowest BCUT2D eigenvalue weighted by Gasteiger charge is -2.26. The fourth-order valence-corrected chi connectivity index (χ4v) is 12.6. The normalized spacial score (nSPS) is 23.5. The molecule has 17 nitrogen and oxygen atoms in total. The first kappa shape index (κ1) is 43.0. The van der Waals surface area contributed by atoms with Gasteiger partial charge in [-0.25, -0.2) is 28.7 Å². The first-order valence-electron chi connectivity index (χ1n) is 24.0. The van der Waals surface area contributed by atoms with Crippen LogP contribution >= 0.6 is 0 Å². The molecule has 6 atom stereocenters. The number of aromatic nitrogens is 12. The number of benzene rings is 3. The zero-order valence-corrected chi connectivity index (χ0v) is 38.6. The van der Waals surface area contributed by atoms with Crippen molar-refractivity contribution in [1.29, 1.82) is 0 Å². The van der Waals surface area contributed by atoms with Gasteiger partial charge in [0.05, 0.1) is 23.8 Å². The maximum Gasteiger partial charge on any atom is 0.248 e. The van der Waals surface area contributed by atoms with Gasteiger partial charge < -0.3 is 26.3 Å². The van der Waals surface area contributed by atoms with Gasteiger partial charge >= 0.3 is 0 Å². The summed E-state index contributed by atoms with van der Waals surface area (Å²) in [6.07, 6.45) is 9.06. The fourth-order valence-electron chi connectivity index (χ4n) is 12.6. The van der Waals surface area contributed by atoms with E-state index in [1.54, 1.807) is 30.7 Å². The summed E-state index contributed by atoms with van der Waals surface area (Å²) < 4.78 is 31.2. The minimum absolute atomic E-state index is 0.147. The molecule has 2 aliphatic carbocycles. The first-order chi connectivity index (χ1) is 34.7. The van der Waals surface area contributed by atoms with Gasteiger partial charge in [-0.15, -0.1) is 10.2 Å². The molecule has 10 aromatic rings. The second kappa shape index (κ2) is 16.3. The van der Waals surface area contributed by atoms with E-state index in [1.807, 2.05) is 72.2 Å². The van der Waals surface area contributed by atoms with Crippen molar-refractivity contribution in [2.75, 3.05) is 49.1 Å². The number of aromatic amines is 3. The van der Waals surface area contributed by atoms with Crippen LogP contribution in [0, 0.1) is 42.2 Å². The summed E-state index contributed by atoms with van der Waals surface area (Å²) in [5, 5.41) is 24.2. The van der Waals surface area contributed by atoms with Crippen molar-refractivity contribution in [3.63, 3.8) is 0 Å². The molecule has 19 heteroatoms. The Hall–Kier alpha value is -8.03. The van der Waals surface area contributed by atoms with Crippen LogP contribution in [0.3, 0.4) is 0 Å². The second-order valence-corrected chi connectivity index (χ2v) is 19.3. The van der Waals surface area contributed by atoms with Crippen LogP contribution in [0.25, 0.3) is 61.4 Å². The van der Waals surface area contributed by atoms with Gasteiger partial charge in [0.1, 0.15) is 40.6 Å². The molecule has 7 aromatic heterocycles. The number of rotatable bonds is 8. The zero-order chi connectivity index (χ0) is 48.2. The zero-order valence-electron chi connectivity index (χ0n) is 38.6. The van der Waals surface area contributed by atoms with Gasteiger partial charge in [0.2, 0.25) is 16.9 Å². The Balaban J connectivity index is 0.000000139. The summed E-state index contributed by atoms with van der Waals surface area (Å²) in [5.41, 5.74) is 21.6. The average Bonchev–Trinajstić information content (AvgIpc) is 3.82. The van der Waals surface area contributed by atoms with Crippen LogP contribution in [0.1, 0.15) is 29.5 Å². The number of hydrogen-bond donors (Lipinski definition) is 5. The summed E-state index contributed by atoms with van der Waals surface area (Å²) in [5.74, 6) is 2.54. The monoisotopic (exact) mass is 950 g/mol. The molecule has 7 N–H and O–H groups in total. The number of halogens is 2. The Kier molecular flexibility index (Phi) is 9.86. The van der Waals surface area contributed by atoms with Crippen LogP contribution in [-0.2, 0) is 10.8 Å². The third-order valence-electron chi connectivity index (χ3n) is 16.3. The van der Waals surface area contributed by atoms with Crippen molar-refractivity contribution in [3.8, 4) is 22.5 Å². The predicted molar refractivity (Wildman–Crippen MR) is 266 cm³/mol. The smallest absolute Gasteiger partial charge is 0.248 e. The first-order valence-corrected chi connectivity index (χ1v) is 24.0. The number of hydrogen-bond acceptors (Lipinski definition) is 13. The van der Waals surface area contributed by atoms with Gasteiger partial charge in [0, 0.05) is 90.0 Å². The fraction of sp³-hybridized carbons (Fsp3) is 0.288. The Bertz CT molecular complexity index is 3770. The molecule has 3 aromatic carbocycles. The maximum atomic E-state index is 14.7. The lowest BCUT2D eigenvalue weighted by Crippen LogP contribution is -2.32. The number of piperidine rings is 2. The lowest BCUT2D eigenvalue weighted by atomic mass is 9.91. The third kappa shape index (κ3) is 6.58. The number of nitrogens with one attached hydrogen (secondary N) is 3. The highest BCUT2D eigenvalue weighted by molar-refractivity contribution is 6.00. The second-order valence-electron chi connectivity index (χ2n) is 19.3. The standard InChI is InChI=1S/C27H24FN7O.C25H24FN9/c28-20-6-2-1-5-18(20)27(14-29)17-10-11-35(13-19(17)27)22-12-30-25-24(33-34-26(25)32-22)16-4-3-7-21-15(16)8-9-23(36)31-21;1-14-15(6-8-35-13-29-33-24(14)35)21-22-23(32-31-21)30-20(10-28-22)34-9-7-16-18(11-34)25(16,12-27)17-4-2-3-5-19(17)26/h1-9,12,17,19H,10-11,13-14,29H2,(H,31,36)(H,32,33,34);2-6,8,10,13,16,18H,7,9,11-12,27H2,1H3,(H,30,31,32)/t17-,19+,27-;16-,18+,25-/m11/s1. The SMILES string of the molecule is Cc1c(-c2[nH]nc3nc(N4CC[C@@H]5[C@H](C4)[C@@]5(CN)c4ccccc4F)cnc23)ccn2cnnc12.NC[C@]1(c2ccccc2F)[C@@H]2CCN(c3cnc4c(-c5cccc6[nH]c(=O)ccc56)[nH]nc4n3)C[C@@H]21. The number of aryl methyl sites for hydroxylation is 1. The van der Waals surface area contributed by atoms with E-state index in [-0.39, 0.29) is 33.9 Å². The predicted octanol–water partition coefficient (Wildman–Crippen LogP) is 6.22. The molecule has 14 rings (SSSR count). The number of fused-ring (bicyclic) bond motifs is 6. The Morgan fingerprint density at radius 3 is 1.85 bits per heavy atom. The van der Waals surface area contributed by atoms with E-state index in [0.29, 0.717) is 53.2 Å². The number of H-pyrrole nitrogens is 3. The summed E-state index contributed by atoms with van der Waals surface area (Å²) >= 11 is 0. The van der Waals surface area contributed by atoms with E-state index in [4.69, 9.17) is 31.4 Å². The van der Waals surface area contributed by atoms with Crippen LogP contribution in [0.15, 0.2) is 115 Å². The van der Waals surface area contributed by atoms with Crippen molar-refractivity contribution in [2.45, 2.75) is 30.6 Å². The van der Waals surface area contributed by atoms with Crippen molar-refractivity contribution in [3.05, 3.63) is 149 Å². The Morgan fingerprint density at radius 2 is 1.27 bits per heavy atom. The van der Waals surface area contributed by atoms with Crippen LogP contribution in [-0.4, -0.2) is 99.2 Å². The van der Waals surface area contributed by atoms with Gasteiger partial charge in [0.15, 0.2) is 5.65 Å². The summed E-state index contributed by atoms with van der Waals surface area (Å²) in [7, 11) is 0. The minimum Gasteiger partial charge on any atom is -0.355 e. The molecule has 2 saturated heterocycles. The van der Waals surface area contributed by atoms with Crippen molar-refractivity contribution in [2.24, 2.45) is 35.1 Å². The van der Waals surface area contributed by atoms with E-state index in [0.717, 1.165) is 106 Å². The largest absolute Gasteiger partial charge is 0.355 e. The Labute approximate surface area is 403 Å². The van der Waals surface area contributed by atoms with Gasteiger partial charge in [0.25, 0.3) is 0 Å². The number of pyridine rings is 2. The van der Waals surface area contributed by atoms with E-state index < -0.39 is 0 Å². The summed E-state index contributed by atoms with van der Waals surface area (Å²) in [6.45, 7) is 6.05. The molecule has 0 spiro atoms. The molecule has 0 unspecified atom stereocenters. The van der Waals surface area contributed by atoms with Gasteiger partial charge in [-0.3, -0.25) is 19.4 Å². The number of nitrogens with zero attached hydrogens (tertiary/aromatic N) is 11.